The minimum atomic E-state index is -0.126. The van der Waals surface area contributed by atoms with E-state index in [1.54, 1.807) is 0 Å². The van der Waals surface area contributed by atoms with Crippen molar-refractivity contribution in [2.45, 2.75) is 154 Å². The van der Waals surface area contributed by atoms with Gasteiger partial charge in [0.2, 0.25) is 0 Å². The number of benzene rings is 2. The third-order valence-electron chi connectivity index (χ3n) is 12.3. The molecule has 45 heavy (non-hydrogen) atoms. The predicted octanol–water partition coefficient (Wildman–Crippen LogP) is 9.66. The quantitative estimate of drug-likeness (QED) is 0.0991. The molecule has 250 valence electrons. The average molecular weight is 618 g/mol. The second-order valence-electron chi connectivity index (χ2n) is 15.5. The molecule has 5 rings (SSSR count). The van der Waals surface area contributed by atoms with Gasteiger partial charge in [0.25, 0.3) is 0 Å². The molecule has 2 fully saturated rings. The molecule has 2 aromatic carbocycles. The number of nitrogen functional groups attached to an aromatic ring is 1. The summed E-state index contributed by atoms with van der Waals surface area (Å²) in [5.41, 5.74) is 12.3. The van der Waals surface area contributed by atoms with Gasteiger partial charge in [-0.1, -0.05) is 96.1 Å². The van der Waals surface area contributed by atoms with Gasteiger partial charge in [0.05, 0.1) is 6.10 Å². The van der Waals surface area contributed by atoms with Crippen molar-refractivity contribution in [3.05, 3.63) is 58.7 Å². The number of hydrogen-bond donors (Lipinski definition) is 4. The summed E-state index contributed by atoms with van der Waals surface area (Å²) in [5.74, 6) is 2.87. The van der Waals surface area contributed by atoms with E-state index in [0.717, 1.165) is 30.5 Å². The highest BCUT2D eigenvalue weighted by Gasteiger charge is 2.57. The summed E-state index contributed by atoms with van der Waals surface area (Å²) < 4.78 is 0. The standard InChI is InChI=1S/C41H63NO3/c1-41-23-21-37-36-20-18-35(44)28-32(36)17-19-38(37)39(41)29-33(40(41)45)16-14-12-10-8-6-4-2-3-5-7-9-11-13-15-30-25-31(22-24-43)27-34(42)26-30/h18,20,25-28,33,37-40,43-45H,2-17,19,21-24,29,42H2,1H3/t33-,37+,38+,39-,40-,41-/m0/s1. The molecule has 0 aromatic heterocycles. The molecule has 4 nitrogen and oxygen atoms in total. The van der Waals surface area contributed by atoms with E-state index in [0.29, 0.717) is 35.8 Å². The number of aryl methyl sites for hydroxylation is 2. The largest absolute Gasteiger partial charge is 0.508 e. The van der Waals surface area contributed by atoms with Gasteiger partial charge in [-0.3, -0.25) is 0 Å². The third-order valence-corrected chi connectivity index (χ3v) is 12.3. The molecular weight excluding hydrogens is 554 g/mol. The Balaban J connectivity index is 0.875. The molecular formula is C41H63NO3. The maximum absolute atomic E-state index is 11.5. The summed E-state index contributed by atoms with van der Waals surface area (Å²) >= 11 is 0. The maximum Gasteiger partial charge on any atom is 0.115 e. The molecule has 2 aromatic rings. The first-order valence-electron chi connectivity index (χ1n) is 18.9. The number of nitrogens with two attached hydrogens (primary N) is 1. The van der Waals surface area contributed by atoms with E-state index in [9.17, 15) is 15.3 Å². The molecule has 0 unspecified atom stereocenters. The van der Waals surface area contributed by atoms with E-state index in [4.69, 9.17) is 5.73 Å². The predicted molar refractivity (Wildman–Crippen MR) is 188 cm³/mol. The normalized spacial score (nSPS) is 27.2. The van der Waals surface area contributed by atoms with Gasteiger partial charge in [-0.15, -0.1) is 0 Å². The number of hydrogen-bond acceptors (Lipinski definition) is 4. The van der Waals surface area contributed by atoms with Gasteiger partial charge in [0, 0.05) is 12.3 Å². The summed E-state index contributed by atoms with van der Waals surface area (Å²) in [6.45, 7) is 2.59. The topological polar surface area (TPSA) is 86.7 Å². The minimum absolute atomic E-state index is 0.100. The van der Waals surface area contributed by atoms with Gasteiger partial charge in [-0.05, 0) is 133 Å². The fraction of sp³-hybridized carbons (Fsp3) is 0.707. The van der Waals surface area contributed by atoms with Crippen molar-refractivity contribution in [1.29, 1.82) is 0 Å². The average Bonchev–Trinajstić information content (AvgIpc) is 3.28. The Morgan fingerprint density at radius 2 is 1.40 bits per heavy atom. The molecule has 0 amide bonds. The number of anilines is 1. The second kappa shape index (κ2) is 16.7. The lowest BCUT2D eigenvalue weighted by Gasteiger charge is -2.50. The molecule has 3 aliphatic rings. The van der Waals surface area contributed by atoms with Crippen molar-refractivity contribution < 1.29 is 15.3 Å². The van der Waals surface area contributed by atoms with Crippen molar-refractivity contribution in [3.63, 3.8) is 0 Å². The first kappa shape index (κ1) is 34.3. The summed E-state index contributed by atoms with van der Waals surface area (Å²) in [4.78, 5) is 0. The number of phenolic OH excluding ortho intramolecular Hbond substituents is 1. The summed E-state index contributed by atoms with van der Waals surface area (Å²) in [5, 5.41) is 30.7. The van der Waals surface area contributed by atoms with Crippen molar-refractivity contribution >= 4 is 5.69 Å². The lowest BCUT2D eigenvalue weighted by atomic mass is 9.55. The van der Waals surface area contributed by atoms with Crippen molar-refractivity contribution in [1.82, 2.24) is 0 Å². The Morgan fingerprint density at radius 1 is 0.778 bits per heavy atom. The lowest BCUT2D eigenvalue weighted by Crippen LogP contribution is -2.44. The summed E-state index contributed by atoms with van der Waals surface area (Å²) in [6.07, 6.45) is 26.2. The molecule has 2 saturated carbocycles. The van der Waals surface area contributed by atoms with Crippen LogP contribution in [0.15, 0.2) is 36.4 Å². The monoisotopic (exact) mass is 617 g/mol. The van der Waals surface area contributed by atoms with E-state index in [2.05, 4.69) is 25.1 Å². The van der Waals surface area contributed by atoms with Crippen LogP contribution in [0.25, 0.3) is 0 Å². The first-order chi connectivity index (χ1) is 21.9. The SMILES string of the molecule is C[C@]12CC[C@@H]3c4ccc(O)cc4CC[C@H]3[C@@H]1C[C@H](CCCCCCCCCCCCCCCc1cc(N)cc(CCO)c1)[C@@H]2O. The van der Waals surface area contributed by atoms with Crippen LogP contribution in [0.2, 0.25) is 0 Å². The van der Waals surface area contributed by atoms with Gasteiger partial charge < -0.3 is 21.1 Å². The Hall–Kier alpha value is -2.04. The van der Waals surface area contributed by atoms with Crippen LogP contribution in [0.5, 0.6) is 5.75 Å². The zero-order valence-electron chi connectivity index (χ0n) is 28.3. The highest BCUT2D eigenvalue weighted by Crippen LogP contribution is 2.62. The van der Waals surface area contributed by atoms with Gasteiger partial charge in [-0.2, -0.15) is 0 Å². The molecule has 4 heteroatoms. The van der Waals surface area contributed by atoms with Gasteiger partial charge in [0.15, 0.2) is 0 Å². The van der Waals surface area contributed by atoms with E-state index in [1.807, 2.05) is 18.2 Å². The Labute approximate surface area is 274 Å². The second-order valence-corrected chi connectivity index (χ2v) is 15.5. The highest BCUT2D eigenvalue weighted by atomic mass is 16.3. The molecule has 3 aliphatic carbocycles. The van der Waals surface area contributed by atoms with Crippen LogP contribution in [0.3, 0.4) is 0 Å². The fourth-order valence-electron chi connectivity index (χ4n) is 9.89. The zero-order valence-corrected chi connectivity index (χ0v) is 28.3. The smallest absolute Gasteiger partial charge is 0.115 e. The van der Waals surface area contributed by atoms with Crippen LogP contribution in [0, 0.1) is 23.2 Å². The van der Waals surface area contributed by atoms with Crippen LogP contribution < -0.4 is 5.73 Å². The van der Waals surface area contributed by atoms with Crippen LogP contribution in [0.1, 0.15) is 151 Å². The summed E-state index contributed by atoms with van der Waals surface area (Å²) in [7, 11) is 0. The molecule has 0 spiro atoms. The molecule has 0 saturated heterocycles. The Bertz CT molecular complexity index is 1200. The number of phenols is 1. The maximum atomic E-state index is 11.5. The van der Waals surface area contributed by atoms with E-state index in [1.165, 1.54) is 126 Å². The van der Waals surface area contributed by atoms with Gasteiger partial charge in [0.1, 0.15) is 5.75 Å². The number of aromatic hydroxyl groups is 1. The molecule has 0 aliphatic heterocycles. The van der Waals surface area contributed by atoms with Crippen LogP contribution in [-0.4, -0.2) is 28.0 Å². The number of rotatable bonds is 18. The van der Waals surface area contributed by atoms with Gasteiger partial charge >= 0.3 is 0 Å². The molecule has 5 N–H and O–H groups in total. The lowest BCUT2D eigenvalue weighted by molar-refractivity contribution is -0.0335. The molecule has 0 bridgehead atoms. The molecule has 6 atom stereocenters. The van der Waals surface area contributed by atoms with Gasteiger partial charge in [-0.25, -0.2) is 0 Å². The number of fused-ring (bicyclic) bond motifs is 5. The minimum Gasteiger partial charge on any atom is -0.508 e. The Morgan fingerprint density at radius 3 is 2.07 bits per heavy atom. The van der Waals surface area contributed by atoms with E-state index in [-0.39, 0.29) is 18.1 Å². The van der Waals surface area contributed by atoms with Crippen LogP contribution in [0.4, 0.5) is 5.69 Å². The van der Waals surface area contributed by atoms with Crippen molar-refractivity contribution in [2.24, 2.45) is 23.2 Å². The van der Waals surface area contributed by atoms with E-state index >= 15 is 0 Å². The molecule has 0 heterocycles. The zero-order chi connectivity index (χ0) is 31.6. The number of unbranched alkanes of at least 4 members (excludes halogenated alkanes) is 12. The Kier molecular flexibility index (Phi) is 12.7. The van der Waals surface area contributed by atoms with Crippen LogP contribution >= 0.6 is 0 Å². The van der Waals surface area contributed by atoms with Crippen molar-refractivity contribution in [3.8, 4) is 5.75 Å². The number of aliphatic hydroxyl groups excluding tert-OH is 2. The van der Waals surface area contributed by atoms with E-state index < -0.39 is 0 Å². The highest BCUT2D eigenvalue weighted by molar-refractivity contribution is 5.45. The number of aliphatic hydroxyl groups is 2. The van der Waals surface area contributed by atoms with Crippen molar-refractivity contribution in [2.75, 3.05) is 12.3 Å². The first-order valence-corrected chi connectivity index (χ1v) is 18.9. The molecule has 0 radical (unpaired) electrons. The van der Waals surface area contributed by atoms with Crippen LogP contribution in [-0.2, 0) is 19.3 Å². The third kappa shape index (κ3) is 8.86. The fourth-order valence-corrected chi connectivity index (χ4v) is 9.89. The summed E-state index contributed by atoms with van der Waals surface area (Å²) in [6, 6.07) is 12.3.